The van der Waals surface area contributed by atoms with Crippen molar-refractivity contribution in [3.8, 4) is 0 Å². The fourth-order valence-corrected chi connectivity index (χ4v) is 1.47. The zero-order valence-electron chi connectivity index (χ0n) is 9.71. The van der Waals surface area contributed by atoms with Crippen LogP contribution in [0.25, 0.3) is 5.65 Å². The number of fused-ring (bicyclic) bond motifs is 1. The van der Waals surface area contributed by atoms with Crippen molar-refractivity contribution in [2.45, 2.75) is 6.42 Å². The highest BCUT2D eigenvalue weighted by Gasteiger charge is 2.08. The maximum Gasteiger partial charge on any atom is 0.339 e. The summed E-state index contributed by atoms with van der Waals surface area (Å²) in [6, 6.07) is 3.39. The first kappa shape index (κ1) is 11.5. The molecule has 2 aromatic rings. The van der Waals surface area contributed by atoms with Crippen LogP contribution in [0.2, 0.25) is 0 Å². The smallest absolute Gasteiger partial charge is 0.339 e. The van der Waals surface area contributed by atoms with Crippen LogP contribution in [0.15, 0.2) is 18.3 Å². The second kappa shape index (κ2) is 4.92. The summed E-state index contributed by atoms with van der Waals surface area (Å²) in [5, 5.41) is 4.25. The predicted octanol–water partition coefficient (Wildman–Crippen LogP) is 0.705. The van der Waals surface area contributed by atoms with E-state index in [-0.39, 0.29) is 5.97 Å². The van der Waals surface area contributed by atoms with Crippen molar-refractivity contribution in [1.82, 2.24) is 14.6 Å². The molecule has 2 rings (SSSR count). The van der Waals surface area contributed by atoms with Crippen molar-refractivity contribution < 1.29 is 14.3 Å². The molecule has 0 unspecified atom stereocenters. The van der Waals surface area contributed by atoms with Crippen LogP contribution >= 0.6 is 0 Å². The maximum absolute atomic E-state index is 11.3. The Hall–Kier alpha value is -1.95. The fraction of sp³-hybridized carbons (Fsp3) is 0.364. The number of nitrogens with zero attached hydrogens (tertiary/aromatic N) is 3. The summed E-state index contributed by atoms with van der Waals surface area (Å²) < 4.78 is 11.2. The van der Waals surface area contributed by atoms with Gasteiger partial charge in [0, 0.05) is 19.7 Å². The first-order chi connectivity index (χ1) is 8.24. The van der Waals surface area contributed by atoms with Gasteiger partial charge >= 0.3 is 5.97 Å². The van der Waals surface area contributed by atoms with E-state index in [0.717, 1.165) is 0 Å². The monoisotopic (exact) mass is 235 g/mol. The standard InChI is InChI=1S/C11H13N3O3/c1-16-6-5-9-12-10-4-3-8(11(15)17-2)7-14(10)13-9/h3-4,7H,5-6H2,1-2H3. The molecular formula is C11H13N3O3. The SMILES string of the molecule is COCCc1nc2ccc(C(=O)OC)cn2n1. The number of pyridine rings is 1. The summed E-state index contributed by atoms with van der Waals surface area (Å²) in [5.41, 5.74) is 1.15. The molecule has 0 saturated heterocycles. The number of aromatic nitrogens is 3. The lowest BCUT2D eigenvalue weighted by Crippen LogP contribution is -2.03. The van der Waals surface area contributed by atoms with E-state index in [9.17, 15) is 4.79 Å². The Bertz CT molecular complexity index is 536. The minimum Gasteiger partial charge on any atom is -0.465 e. The zero-order chi connectivity index (χ0) is 12.3. The molecule has 0 saturated carbocycles. The van der Waals surface area contributed by atoms with E-state index < -0.39 is 0 Å². The predicted molar refractivity (Wildman–Crippen MR) is 59.9 cm³/mol. The number of carbonyl (C=O) groups excluding carboxylic acids is 1. The lowest BCUT2D eigenvalue weighted by Gasteiger charge is -1.98. The van der Waals surface area contributed by atoms with Crippen molar-refractivity contribution in [3.05, 3.63) is 29.7 Å². The molecule has 6 heteroatoms. The first-order valence-corrected chi connectivity index (χ1v) is 5.17. The number of carbonyl (C=O) groups is 1. The second-order valence-electron chi connectivity index (χ2n) is 3.48. The molecule has 0 atom stereocenters. The fourth-order valence-electron chi connectivity index (χ4n) is 1.47. The van der Waals surface area contributed by atoms with Gasteiger partial charge in [0.1, 0.15) is 0 Å². The third-order valence-corrected chi connectivity index (χ3v) is 2.33. The number of hydrogen-bond acceptors (Lipinski definition) is 5. The Morgan fingerprint density at radius 3 is 2.94 bits per heavy atom. The third-order valence-electron chi connectivity index (χ3n) is 2.33. The molecule has 6 nitrogen and oxygen atoms in total. The zero-order valence-corrected chi connectivity index (χ0v) is 9.71. The molecule has 0 radical (unpaired) electrons. The Morgan fingerprint density at radius 1 is 1.41 bits per heavy atom. The minimum absolute atomic E-state index is 0.388. The van der Waals surface area contributed by atoms with Crippen LogP contribution in [-0.4, -0.2) is 41.4 Å². The summed E-state index contributed by atoms with van der Waals surface area (Å²) in [5.74, 6) is 0.301. The summed E-state index contributed by atoms with van der Waals surface area (Å²) >= 11 is 0. The largest absolute Gasteiger partial charge is 0.465 e. The van der Waals surface area contributed by atoms with Gasteiger partial charge < -0.3 is 9.47 Å². The van der Waals surface area contributed by atoms with Crippen LogP contribution in [0, 0.1) is 0 Å². The molecule has 2 aromatic heterocycles. The van der Waals surface area contributed by atoms with Gasteiger partial charge in [0.15, 0.2) is 11.5 Å². The van der Waals surface area contributed by atoms with Crippen LogP contribution in [0.3, 0.4) is 0 Å². The van der Waals surface area contributed by atoms with Crippen LogP contribution in [0.4, 0.5) is 0 Å². The molecule has 0 aliphatic heterocycles. The lowest BCUT2D eigenvalue weighted by molar-refractivity contribution is 0.0600. The molecule has 17 heavy (non-hydrogen) atoms. The molecule has 0 aliphatic carbocycles. The molecule has 0 spiro atoms. The van der Waals surface area contributed by atoms with E-state index in [1.54, 1.807) is 30.0 Å². The normalized spacial score (nSPS) is 10.7. The van der Waals surface area contributed by atoms with Gasteiger partial charge in [-0.1, -0.05) is 0 Å². The van der Waals surface area contributed by atoms with E-state index in [1.165, 1.54) is 7.11 Å². The van der Waals surface area contributed by atoms with Gasteiger partial charge in [-0.3, -0.25) is 0 Å². The highest BCUT2D eigenvalue weighted by Crippen LogP contribution is 2.06. The molecule has 2 heterocycles. The van der Waals surface area contributed by atoms with Gasteiger partial charge in [-0.2, -0.15) is 5.10 Å². The molecule has 0 amide bonds. The molecule has 0 bridgehead atoms. The number of rotatable bonds is 4. The van der Waals surface area contributed by atoms with E-state index in [1.807, 2.05) is 0 Å². The minimum atomic E-state index is -0.388. The lowest BCUT2D eigenvalue weighted by atomic mass is 10.3. The maximum atomic E-state index is 11.3. The highest BCUT2D eigenvalue weighted by molar-refractivity contribution is 5.89. The van der Waals surface area contributed by atoms with E-state index in [4.69, 9.17) is 4.74 Å². The van der Waals surface area contributed by atoms with Crippen LogP contribution in [0.1, 0.15) is 16.2 Å². The molecule has 0 aromatic carbocycles. The average molecular weight is 235 g/mol. The van der Waals surface area contributed by atoms with Gasteiger partial charge in [-0.15, -0.1) is 0 Å². The van der Waals surface area contributed by atoms with Crippen molar-refractivity contribution in [2.75, 3.05) is 20.8 Å². The Labute approximate surface area is 98.2 Å². The quantitative estimate of drug-likeness (QED) is 0.730. The molecular weight excluding hydrogens is 222 g/mol. The van der Waals surface area contributed by atoms with Gasteiger partial charge in [0.2, 0.25) is 0 Å². The average Bonchev–Trinajstić information content (AvgIpc) is 2.76. The second-order valence-corrected chi connectivity index (χ2v) is 3.48. The van der Waals surface area contributed by atoms with Crippen LogP contribution < -0.4 is 0 Å². The highest BCUT2D eigenvalue weighted by atomic mass is 16.5. The van der Waals surface area contributed by atoms with Gasteiger partial charge in [0.25, 0.3) is 0 Å². The Kier molecular flexibility index (Phi) is 3.34. The molecule has 0 N–H and O–H groups in total. The van der Waals surface area contributed by atoms with Crippen molar-refractivity contribution in [3.63, 3.8) is 0 Å². The number of methoxy groups -OCH3 is 2. The third kappa shape index (κ3) is 2.42. The summed E-state index contributed by atoms with van der Waals surface area (Å²) in [7, 11) is 2.98. The van der Waals surface area contributed by atoms with Crippen molar-refractivity contribution in [2.24, 2.45) is 0 Å². The molecule has 0 aliphatic rings. The molecule has 0 fully saturated rings. The Morgan fingerprint density at radius 2 is 2.24 bits per heavy atom. The van der Waals surface area contributed by atoms with Gasteiger partial charge in [-0.25, -0.2) is 14.3 Å². The topological polar surface area (TPSA) is 65.7 Å². The number of ether oxygens (including phenoxy) is 2. The van der Waals surface area contributed by atoms with Crippen LogP contribution in [0.5, 0.6) is 0 Å². The molecule has 90 valence electrons. The van der Waals surface area contributed by atoms with Crippen molar-refractivity contribution >= 4 is 11.6 Å². The van der Waals surface area contributed by atoms with Gasteiger partial charge in [0.05, 0.1) is 19.3 Å². The van der Waals surface area contributed by atoms with Gasteiger partial charge in [-0.05, 0) is 12.1 Å². The van der Waals surface area contributed by atoms with E-state index in [2.05, 4.69) is 14.8 Å². The van der Waals surface area contributed by atoms with E-state index >= 15 is 0 Å². The van der Waals surface area contributed by atoms with Crippen molar-refractivity contribution in [1.29, 1.82) is 0 Å². The summed E-state index contributed by atoms with van der Waals surface area (Å²) in [6.45, 7) is 0.570. The first-order valence-electron chi connectivity index (χ1n) is 5.17. The van der Waals surface area contributed by atoms with E-state index in [0.29, 0.717) is 30.1 Å². The summed E-state index contributed by atoms with van der Waals surface area (Å²) in [4.78, 5) is 15.6. The Balaban J connectivity index is 2.31. The summed E-state index contributed by atoms with van der Waals surface area (Å²) in [6.07, 6.45) is 2.25. The number of hydrogen-bond donors (Lipinski definition) is 0. The number of esters is 1. The van der Waals surface area contributed by atoms with Crippen LogP contribution in [-0.2, 0) is 15.9 Å².